The fourth-order valence-corrected chi connectivity index (χ4v) is 1.07. The molecule has 0 aromatic carbocycles. The maximum atomic E-state index is 10.8. The van der Waals surface area contributed by atoms with E-state index in [0.717, 1.165) is 6.33 Å². The zero-order valence-corrected chi connectivity index (χ0v) is 9.84. The van der Waals surface area contributed by atoms with E-state index in [2.05, 4.69) is 15.3 Å². The Morgan fingerprint density at radius 2 is 2.18 bits per heavy atom. The highest BCUT2D eigenvalue weighted by Gasteiger charge is 2.29. The van der Waals surface area contributed by atoms with Crippen molar-refractivity contribution in [3.05, 3.63) is 16.4 Å². The van der Waals surface area contributed by atoms with Gasteiger partial charge in [-0.15, -0.1) is 0 Å². The van der Waals surface area contributed by atoms with Crippen molar-refractivity contribution in [1.82, 2.24) is 9.97 Å². The van der Waals surface area contributed by atoms with Gasteiger partial charge in [0.2, 0.25) is 11.6 Å². The van der Waals surface area contributed by atoms with Gasteiger partial charge >= 0.3 is 5.69 Å². The maximum absolute atomic E-state index is 10.8. The Kier molecular flexibility index (Phi) is 3.47. The van der Waals surface area contributed by atoms with Crippen LogP contribution >= 0.6 is 0 Å². The molecule has 0 amide bonds. The molecule has 1 rings (SSSR count). The van der Waals surface area contributed by atoms with Crippen LogP contribution in [-0.2, 0) is 0 Å². The first-order chi connectivity index (χ1) is 7.75. The third-order valence-electron chi connectivity index (χ3n) is 2.52. The molecule has 0 saturated heterocycles. The summed E-state index contributed by atoms with van der Waals surface area (Å²) in [6, 6.07) is 0. The van der Waals surface area contributed by atoms with Crippen LogP contribution in [0.2, 0.25) is 0 Å². The normalized spacial score (nSPS) is 13.2. The van der Waals surface area contributed by atoms with Gasteiger partial charge in [-0.2, -0.15) is 0 Å². The Hall–Kier alpha value is -1.96. The van der Waals surface area contributed by atoms with E-state index in [9.17, 15) is 15.2 Å². The molecular weight excluding hydrogens is 226 g/mol. The van der Waals surface area contributed by atoms with Gasteiger partial charge in [-0.25, -0.2) is 9.97 Å². The van der Waals surface area contributed by atoms with E-state index in [1.54, 1.807) is 20.8 Å². The molecule has 0 saturated carbocycles. The summed E-state index contributed by atoms with van der Waals surface area (Å²) in [5.41, 5.74) is 4.26. The summed E-state index contributed by atoms with van der Waals surface area (Å²) in [6.45, 7) is 4.96. The average Bonchev–Trinajstić information content (AvgIpc) is 2.15. The Morgan fingerprint density at radius 1 is 1.59 bits per heavy atom. The van der Waals surface area contributed by atoms with Crippen molar-refractivity contribution in [2.45, 2.75) is 32.4 Å². The summed E-state index contributed by atoms with van der Waals surface area (Å²) >= 11 is 0. The van der Waals surface area contributed by atoms with Gasteiger partial charge < -0.3 is 16.2 Å². The van der Waals surface area contributed by atoms with Gasteiger partial charge in [0.1, 0.15) is 6.33 Å². The van der Waals surface area contributed by atoms with E-state index in [1.807, 2.05) is 0 Å². The van der Waals surface area contributed by atoms with Gasteiger partial charge in [-0.3, -0.25) is 10.1 Å². The summed E-state index contributed by atoms with van der Waals surface area (Å²) < 4.78 is 0. The Bertz CT molecular complexity index is 433. The number of nitrogens with two attached hydrogens (primary N) is 1. The lowest BCUT2D eigenvalue weighted by molar-refractivity contribution is -0.383. The van der Waals surface area contributed by atoms with E-state index >= 15 is 0 Å². The third-order valence-corrected chi connectivity index (χ3v) is 2.52. The first-order valence-corrected chi connectivity index (χ1v) is 4.97. The number of aliphatic hydroxyl groups excluding tert-OH is 1. The minimum atomic E-state index is -0.772. The topological polar surface area (TPSA) is 127 Å². The second-order valence-corrected chi connectivity index (χ2v) is 4.24. The number of nitro groups is 1. The van der Waals surface area contributed by atoms with Crippen LogP contribution < -0.4 is 11.1 Å². The zero-order chi connectivity index (χ0) is 13.2. The lowest BCUT2D eigenvalue weighted by Gasteiger charge is -2.29. The van der Waals surface area contributed by atoms with Crippen molar-refractivity contribution in [1.29, 1.82) is 0 Å². The number of nitrogen functional groups attached to an aromatic ring is 1. The fourth-order valence-electron chi connectivity index (χ4n) is 1.07. The van der Waals surface area contributed by atoms with Crippen molar-refractivity contribution in [3.8, 4) is 0 Å². The number of nitrogens with one attached hydrogen (secondary N) is 1. The van der Waals surface area contributed by atoms with Crippen molar-refractivity contribution >= 4 is 17.3 Å². The highest BCUT2D eigenvalue weighted by Crippen LogP contribution is 2.29. The molecule has 1 unspecified atom stereocenters. The lowest BCUT2D eigenvalue weighted by Crippen LogP contribution is -2.42. The highest BCUT2D eigenvalue weighted by molar-refractivity contribution is 5.67. The van der Waals surface area contributed by atoms with Gasteiger partial charge in [0, 0.05) is 0 Å². The van der Waals surface area contributed by atoms with Gasteiger partial charge in [-0.05, 0) is 20.8 Å². The number of hydrogen-bond acceptors (Lipinski definition) is 7. The third kappa shape index (κ3) is 2.78. The number of rotatable bonds is 4. The minimum Gasteiger partial charge on any atom is -0.391 e. The van der Waals surface area contributed by atoms with E-state index in [-0.39, 0.29) is 17.3 Å². The standard InChI is InChI=1S/C9H15N5O3/c1-5(15)9(2,3)13-8-6(14(16)17)7(10)11-4-12-8/h4-5,15H,1-3H3,(H3,10,11,12,13). The van der Waals surface area contributed by atoms with Crippen molar-refractivity contribution < 1.29 is 10.0 Å². The molecule has 17 heavy (non-hydrogen) atoms. The molecule has 8 nitrogen and oxygen atoms in total. The number of aliphatic hydroxyl groups is 1. The molecule has 0 fully saturated rings. The molecule has 8 heteroatoms. The lowest BCUT2D eigenvalue weighted by atomic mass is 9.99. The van der Waals surface area contributed by atoms with E-state index in [1.165, 1.54) is 0 Å². The van der Waals surface area contributed by atoms with Crippen LogP contribution in [0, 0.1) is 10.1 Å². The maximum Gasteiger partial charge on any atom is 0.353 e. The van der Waals surface area contributed by atoms with Crippen LogP contribution in [0.25, 0.3) is 0 Å². The minimum absolute atomic E-state index is 0.00611. The predicted molar refractivity (Wildman–Crippen MR) is 62.5 cm³/mol. The summed E-state index contributed by atoms with van der Waals surface area (Å²) in [5, 5.41) is 23.2. The highest BCUT2D eigenvalue weighted by atomic mass is 16.6. The molecule has 1 heterocycles. The molecule has 94 valence electrons. The van der Waals surface area contributed by atoms with Crippen LogP contribution in [0.1, 0.15) is 20.8 Å². The second-order valence-electron chi connectivity index (χ2n) is 4.24. The Balaban J connectivity index is 3.15. The molecular formula is C9H15N5O3. The Labute approximate surface area is 98.0 Å². The molecule has 1 aromatic rings. The predicted octanol–water partition coefficient (Wildman–Crippen LogP) is 0.538. The SMILES string of the molecule is CC(O)C(C)(C)Nc1ncnc(N)c1[N+](=O)[O-]. The molecule has 1 atom stereocenters. The first-order valence-electron chi connectivity index (χ1n) is 4.97. The second kappa shape index (κ2) is 4.50. The smallest absolute Gasteiger partial charge is 0.353 e. The molecule has 0 radical (unpaired) electrons. The van der Waals surface area contributed by atoms with Crippen LogP contribution in [0.3, 0.4) is 0 Å². The van der Waals surface area contributed by atoms with Crippen molar-refractivity contribution in [2.24, 2.45) is 0 Å². The molecule has 1 aromatic heterocycles. The van der Waals surface area contributed by atoms with Crippen molar-refractivity contribution in [3.63, 3.8) is 0 Å². The summed E-state index contributed by atoms with van der Waals surface area (Å²) in [4.78, 5) is 17.5. The first kappa shape index (κ1) is 13.1. The van der Waals surface area contributed by atoms with Crippen LogP contribution in [0.5, 0.6) is 0 Å². The van der Waals surface area contributed by atoms with Crippen LogP contribution in [-0.4, -0.2) is 31.6 Å². The van der Waals surface area contributed by atoms with E-state index < -0.39 is 16.6 Å². The zero-order valence-electron chi connectivity index (χ0n) is 9.84. The number of hydrogen-bond donors (Lipinski definition) is 3. The quantitative estimate of drug-likeness (QED) is 0.518. The van der Waals surface area contributed by atoms with Crippen molar-refractivity contribution in [2.75, 3.05) is 11.1 Å². The number of nitrogens with zero attached hydrogens (tertiary/aromatic N) is 3. The fraction of sp³-hybridized carbons (Fsp3) is 0.556. The average molecular weight is 241 g/mol. The number of anilines is 2. The Morgan fingerprint density at radius 3 is 2.65 bits per heavy atom. The van der Waals surface area contributed by atoms with Gasteiger partial charge in [0.05, 0.1) is 16.6 Å². The molecule has 4 N–H and O–H groups in total. The summed E-state index contributed by atoms with van der Waals surface area (Å²) in [5.74, 6) is -0.220. The molecule has 0 spiro atoms. The monoisotopic (exact) mass is 241 g/mol. The van der Waals surface area contributed by atoms with Crippen LogP contribution in [0.15, 0.2) is 6.33 Å². The van der Waals surface area contributed by atoms with Gasteiger partial charge in [-0.1, -0.05) is 0 Å². The molecule has 0 aliphatic heterocycles. The summed E-state index contributed by atoms with van der Waals surface area (Å²) in [6.07, 6.45) is 0.404. The molecule has 0 bridgehead atoms. The van der Waals surface area contributed by atoms with E-state index in [0.29, 0.717) is 0 Å². The molecule has 0 aliphatic carbocycles. The van der Waals surface area contributed by atoms with E-state index in [4.69, 9.17) is 5.73 Å². The number of aromatic nitrogens is 2. The van der Waals surface area contributed by atoms with Gasteiger partial charge in [0.15, 0.2) is 0 Å². The summed E-state index contributed by atoms with van der Waals surface area (Å²) in [7, 11) is 0. The largest absolute Gasteiger partial charge is 0.391 e. The molecule has 0 aliphatic rings. The van der Waals surface area contributed by atoms with Crippen LogP contribution in [0.4, 0.5) is 17.3 Å². The van der Waals surface area contributed by atoms with Gasteiger partial charge in [0.25, 0.3) is 0 Å².